The zero-order valence-corrected chi connectivity index (χ0v) is 12.0. The van der Waals surface area contributed by atoms with Crippen molar-refractivity contribution in [3.8, 4) is 11.4 Å². The molecule has 0 aliphatic rings. The lowest BCUT2D eigenvalue weighted by Crippen LogP contribution is -1.98. The summed E-state index contributed by atoms with van der Waals surface area (Å²) >= 11 is 1.77. The number of hydrogen-bond acceptors (Lipinski definition) is 3. The van der Waals surface area contributed by atoms with E-state index < -0.39 is 0 Å². The van der Waals surface area contributed by atoms with Crippen molar-refractivity contribution in [3.63, 3.8) is 0 Å². The summed E-state index contributed by atoms with van der Waals surface area (Å²) in [6, 6.07) is 20.5. The topological polar surface area (TPSA) is 30.7 Å². The van der Waals surface area contributed by atoms with Gasteiger partial charge in [-0.2, -0.15) is 0 Å². The molecule has 2 aromatic carbocycles. The van der Waals surface area contributed by atoms with Crippen LogP contribution in [-0.4, -0.2) is 14.8 Å². The number of benzene rings is 2. The molecule has 4 heteroatoms. The second-order valence-electron chi connectivity index (χ2n) is 4.47. The maximum Gasteiger partial charge on any atom is 0.163 e. The van der Waals surface area contributed by atoms with Crippen molar-refractivity contribution in [2.24, 2.45) is 7.05 Å². The molecule has 100 valence electrons. The molecule has 0 N–H and O–H groups in total. The van der Waals surface area contributed by atoms with E-state index in [9.17, 15) is 0 Å². The Bertz CT molecular complexity index is 677. The lowest BCUT2D eigenvalue weighted by atomic mass is 10.2. The third kappa shape index (κ3) is 2.75. The van der Waals surface area contributed by atoms with E-state index in [1.165, 1.54) is 4.90 Å². The summed E-state index contributed by atoms with van der Waals surface area (Å²) in [5.74, 6) is 2.72. The third-order valence-corrected chi connectivity index (χ3v) is 4.12. The van der Waals surface area contributed by atoms with Gasteiger partial charge in [0, 0.05) is 17.5 Å². The molecule has 0 fully saturated rings. The predicted molar refractivity (Wildman–Crippen MR) is 82.4 cm³/mol. The lowest BCUT2D eigenvalue weighted by Gasteiger charge is -2.04. The fourth-order valence-electron chi connectivity index (χ4n) is 1.99. The molecule has 0 amide bonds. The first-order valence-electron chi connectivity index (χ1n) is 6.46. The molecule has 0 spiro atoms. The summed E-state index contributed by atoms with van der Waals surface area (Å²) in [6.45, 7) is 0. The minimum absolute atomic E-state index is 0.820. The fraction of sp³-hybridized carbons (Fsp3) is 0.125. The van der Waals surface area contributed by atoms with Crippen LogP contribution in [0.4, 0.5) is 0 Å². The van der Waals surface area contributed by atoms with Crippen LogP contribution in [0.2, 0.25) is 0 Å². The van der Waals surface area contributed by atoms with Crippen molar-refractivity contribution in [2.75, 3.05) is 0 Å². The van der Waals surface area contributed by atoms with Gasteiger partial charge in [-0.25, -0.2) is 0 Å². The Balaban J connectivity index is 1.78. The van der Waals surface area contributed by atoms with E-state index in [1.807, 2.05) is 31.3 Å². The summed E-state index contributed by atoms with van der Waals surface area (Å²) in [6.07, 6.45) is 0. The molecule has 0 bridgehead atoms. The van der Waals surface area contributed by atoms with Crippen molar-refractivity contribution in [2.45, 2.75) is 10.6 Å². The average Bonchev–Trinajstić information content (AvgIpc) is 2.88. The van der Waals surface area contributed by atoms with Crippen LogP contribution in [0.1, 0.15) is 5.82 Å². The zero-order valence-electron chi connectivity index (χ0n) is 11.2. The highest BCUT2D eigenvalue weighted by Gasteiger charge is 2.10. The molecule has 0 unspecified atom stereocenters. The molecule has 0 atom stereocenters. The van der Waals surface area contributed by atoms with Gasteiger partial charge in [-0.1, -0.05) is 48.5 Å². The summed E-state index contributed by atoms with van der Waals surface area (Å²) in [4.78, 5) is 1.25. The van der Waals surface area contributed by atoms with Crippen molar-refractivity contribution in [3.05, 3.63) is 66.5 Å². The summed E-state index contributed by atoms with van der Waals surface area (Å²) in [5.41, 5.74) is 1.10. The minimum Gasteiger partial charge on any atom is -0.313 e. The largest absolute Gasteiger partial charge is 0.313 e. The Kier molecular flexibility index (Phi) is 3.83. The smallest absolute Gasteiger partial charge is 0.163 e. The van der Waals surface area contributed by atoms with Gasteiger partial charge in [0.15, 0.2) is 5.82 Å². The summed E-state index contributed by atoms with van der Waals surface area (Å²) in [7, 11) is 2.02. The Hall–Kier alpha value is -2.07. The van der Waals surface area contributed by atoms with Crippen LogP contribution in [0.25, 0.3) is 11.4 Å². The number of hydrogen-bond donors (Lipinski definition) is 0. The first kappa shape index (κ1) is 12.9. The molecule has 0 saturated heterocycles. The highest BCUT2D eigenvalue weighted by atomic mass is 32.2. The first-order valence-corrected chi connectivity index (χ1v) is 7.44. The van der Waals surface area contributed by atoms with Crippen LogP contribution < -0.4 is 0 Å². The number of nitrogens with zero attached hydrogens (tertiary/aromatic N) is 3. The monoisotopic (exact) mass is 281 g/mol. The van der Waals surface area contributed by atoms with E-state index in [0.717, 1.165) is 23.0 Å². The molecule has 1 heterocycles. The van der Waals surface area contributed by atoms with Gasteiger partial charge in [0.05, 0.1) is 5.75 Å². The Morgan fingerprint density at radius 1 is 0.900 bits per heavy atom. The Labute approximate surface area is 122 Å². The molecule has 3 nitrogen and oxygen atoms in total. The van der Waals surface area contributed by atoms with Gasteiger partial charge >= 0.3 is 0 Å². The van der Waals surface area contributed by atoms with Gasteiger partial charge < -0.3 is 4.57 Å². The van der Waals surface area contributed by atoms with E-state index in [2.05, 4.69) is 51.2 Å². The second kappa shape index (κ2) is 5.92. The maximum atomic E-state index is 4.30. The highest BCUT2D eigenvalue weighted by Crippen LogP contribution is 2.23. The van der Waals surface area contributed by atoms with Gasteiger partial charge in [0.25, 0.3) is 0 Å². The van der Waals surface area contributed by atoms with Crippen molar-refractivity contribution in [1.82, 2.24) is 14.8 Å². The quantitative estimate of drug-likeness (QED) is 0.682. The van der Waals surface area contributed by atoms with Crippen LogP contribution in [-0.2, 0) is 12.8 Å². The number of rotatable bonds is 4. The van der Waals surface area contributed by atoms with Crippen molar-refractivity contribution in [1.29, 1.82) is 0 Å². The molecular weight excluding hydrogens is 266 g/mol. The van der Waals surface area contributed by atoms with E-state index in [4.69, 9.17) is 0 Å². The van der Waals surface area contributed by atoms with Gasteiger partial charge in [0.1, 0.15) is 5.82 Å². The normalized spacial score (nSPS) is 10.7. The van der Waals surface area contributed by atoms with Crippen LogP contribution in [0.15, 0.2) is 65.6 Å². The molecule has 0 aliphatic heterocycles. The fourth-order valence-corrected chi connectivity index (χ4v) is 2.89. The molecule has 20 heavy (non-hydrogen) atoms. The molecule has 3 rings (SSSR count). The van der Waals surface area contributed by atoms with E-state index >= 15 is 0 Å². The lowest BCUT2D eigenvalue weighted by molar-refractivity contribution is 0.856. The molecule has 1 aromatic heterocycles. The third-order valence-electron chi connectivity index (χ3n) is 3.11. The van der Waals surface area contributed by atoms with E-state index in [-0.39, 0.29) is 0 Å². The van der Waals surface area contributed by atoms with Gasteiger partial charge in [-0.3, -0.25) is 0 Å². The van der Waals surface area contributed by atoms with Crippen molar-refractivity contribution >= 4 is 11.8 Å². The van der Waals surface area contributed by atoms with Gasteiger partial charge in [0.2, 0.25) is 0 Å². The van der Waals surface area contributed by atoms with Crippen LogP contribution in [0.5, 0.6) is 0 Å². The molecule has 0 aliphatic carbocycles. The van der Waals surface area contributed by atoms with Crippen molar-refractivity contribution < 1.29 is 0 Å². The molecule has 0 saturated carbocycles. The van der Waals surface area contributed by atoms with Gasteiger partial charge in [-0.05, 0) is 12.1 Å². The van der Waals surface area contributed by atoms with E-state index in [0.29, 0.717) is 0 Å². The number of thioether (sulfide) groups is 1. The van der Waals surface area contributed by atoms with Crippen LogP contribution in [0, 0.1) is 0 Å². The zero-order chi connectivity index (χ0) is 13.8. The average molecular weight is 281 g/mol. The number of aromatic nitrogens is 3. The molecule has 3 aromatic rings. The summed E-state index contributed by atoms with van der Waals surface area (Å²) in [5, 5.41) is 8.60. The Morgan fingerprint density at radius 3 is 2.25 bits per heavy atom. The first-order chi connectivity index (χ1) is 9.84. The molecular formula is C16H15N3S. The SMILES string of the molecule is Cn1c(CSc2ccccc2)nnc1-c1ccccc1. The standard InChI is InChI=1S/C16H15N3S/c1-19-15(12-20-14-10-6-3-7-11-14)17-18-16(19)13-8-4-2-5-9-13/h2-11H,12H2,1H3. The summed E-state index contributed by atoms with van der Waals surface area (Å²) < 4.78 is 2.06. The Morgan fingerprint density at radius 2 is 1.55 bits per heavy atom. The predicted octanol–water partition coefficient (Wildman–Crippen LogP) is 3.77. The maximum absolute atomic E-state index is 4.30. The van der Waals surface area contributed by atoms with E-state index in [1.54, 1.807) is 11.8 Å². The van der Waals surface area contributed by atoms with Gasteiger partial charge in [-0.15, -0.1) is 22.0 Å². The molecule has 0 radical (unpaired) electrons. The van der Waals surface area contributed by atoms with Crippen LogP contribution in [0.3, 0.4) is 0 Å². The highest BCUT2D eigenvalue weighted by molar-refractivity contribution is 7.98. The minimum atomic E-state index is 0.820. The second-order valence-corrected chi connectivity index (χ2v) is 5.52. The van der Waals surface area contributed by atoms with Crippen LogP contribution >= 0.6 is 11.8 Å².